The highest BCUT2D eigenvalue weighted by Gasteiger charge is 2.23. The van der Waals surface area contributed by atoms with Gasteiger partial charge in [0.25, 0.3) is 16.5 Å². The largest absolute Gasteiger partial charge is 0.506 e. The molecule has 0 atom stereocenters. The number of phenolic OH excluding ortho intramolecular Hbond substituents is 1. The van der Waals surface area contributed by atoms with Crippen LogP contribution < -0.4 is 26.8 Å². The molecule has 32 heavy (non-hydrogen) atoms. The summed E-state index contributed by atoms with van der Waals surface area (Å²) in [6.45, 7) is 2.39. The number of para-hydroxylation sites is 1. The fourth-order valence-electron chi connectivity index (χ4n) is 3.18. The van der Waals surface area contributed by atoms with Crippen molar-refractivity contribution in [3.8, 4) is 5.75 Å². The van der Waals surface area contributed by atoms with Crippen molar-refractivity contribution < 1.29 is 10.0 Å². The maximum absolute atomic E-state index is 12.2. The Balaban J connectivity index is 1.74. The lowest BCUT2D eigenvalue weighted by atomic mass is 10.1. The summed E-state index contributed by atoms with van der Waals surface area (Å²) >= 11 is 0. The molecule has 0 saturated heterocycles. The van der Waals surface area contributed by atoms with Crippen LogP contribution in [0.25, 0.3) is 0 Å². The first-order valence-electron chi connectivity index (χ1n) is 10.1. The lowest BCUT2D eigenvalue weighted by molar-refractivity contribution is -0.384. The Bertz CT molecular complexity index is 1180. The van der Waals surface area contributed by atoms with Gasteiger partial charge in [-0.25, -0.2) is 0 Å². The van der Waals surface area contributed by atoms with Crippen LogP contribution in [0, 0.1) is 10.1 Å². The first-order chi connectivity index (χ1) is 15.3. The van der Waals surface area contributed by atoms with Crippen molar-refractivity contribution in [3.05, 3.63) is 78.6 Å². The molecule has 0 fully saturated rings. The van der Waals surface area contributed by atoms with Gasteiger partial charge in [0.05, 0.1) is 16.7 Å². The summed E-state index contributed by atoms with van der Waals surface area (Å²) in [4.78, 5) is 36.6. The molecule has 168 valence electrons. The second kappa shape index (κ2) is 10.0. The van der Waals surface area contributed by atoms with E-state index in [4.69, 9.17) is 0 Å². The van der Waals surface area contributed by atoms with Gasteiger partial charge in [-0.2, -0.15) is 0 Å². The highest BCUT2D eigenvalue weighted by atomic mass is 16.6. The summed E-state index contributed by atoms with van der Waals surface area (Å²) in [5.41, 5.74) is 0.0584. The van der Waals surface area contributed by atoms with Crippen LogP contribution in [0.4, 0.5) is 28.4 Å². The average Bonchev–Trinajstić information content (AvgIpc) is 2.77. The van der Waals surface area contributed by atoms with E-state index in [1.807, 2.05) is 32.3 Å². The van der Waals surface area contributed by atoms with Crippen molar-refractivity contribution in [2.45, 2.75) is 13.0 Å². The second-order valence-electron chi connectivity index (χ2n) is 7.61. The molecule has 0 heterocycles. The smallest absolute Gasteiger partial charge is 0.273 e. The maximum atomic E-state index is 12.2. The normalized spacial score (nSPS) is 11.1. The Morgan fingerprint density at radius 2 is 1.66 bits per heavy atom. The molecule has 0 unspecified atom stereocenters. The molecule has 0 spiro atoms. The highest BCUT2D eigenvalue weighted by Crippen LogP contribution is 2.32. The van der Waals surface area contributed by atoms with Crippen molar-refractivity contribution in [1.82, 2.24) is 10.2 Å². The van der Waals surface area contributed by atoms with E-state index in [1.54, 1.807) is 6.07 Å². The number of phenols is 1. The number of nitro benzene ring substituents is 1. The van der Waals surface area contributed by atoms with Gasteiger partial charge in [-0.05, 0) is 51.3 Å². The van der Waals surface area contributed by atoms with Crippen LogP contribution in [0.2, 0.25) is 0 Å². The predicted octanol–water partition coefficient (Wildman–Crippen LogP) is 2.42. The van der Waals surface area contributed by atoms with Crippen molar-refractivity contribution in [3.63, 3.8) is 0 Å². The molecule has 4 N–H and O–H groups in total. The summed E-state index contributed by atoms with van der Waals surface area (Å²) in [6, 6.07) is 10.9. The van der Waals surface area contributed by atoms with E-state index in [2.05, 4.69) is 20.9 Å². The van der Waals surface area contributed by atoms with Crippen LogP contribution in [0.3, 0.4) is 0 Å². The number of benzene rings is 2. The molecular weight excluding hydrogens is 414 g/mol. The molecule has 0 aliphatic heterocycles. The monoisotopic (exact) mass is 439 g/mol. The predicted molar refractivity (Wildman–Crippen MR) is 124 cm³/mol. The van der Waals surface area contributed by atoms with Gasteiger partial charge in [0.2, 0.25) is 0 Å². The molecule has 0 aromatic heterocycles. The van der Waals surface area contributed by atoms with Gasteiger partial charge in [0.1, 0.15) is 17.1 Å². The van der Waals surface area contributed by atoms with E-state index in [9.17, 15) is 24.8 Å². The Labute approximate surface area is 184 Å². The quantitative estimate of drug-likeness (QED) is 0.117. The minimum absolute atomic E-state index is 0.00658. The summed E-state index contributed by atoms with van der Waals surface area (Å²) < 4.78 is 0. The molecule has 0 amide bonds. The minimum atomic E-state index is -0.732. The number of rotatable bonds is 11. The van der Waals surface area contributed by atoms with Gasteiger partial charge in [0.15, 0.2) is 0 Å². The van der Waals surface area contributed by atoms with Gasteiger partial charge in [-0.3, -0.25) is 19.7 Å². The third-order valence-corrected chi connectivity index (χ3v) is 4.91. The molecule has 0 radical (unpaired) electrons. The first-order valence-corrected chi connectivity index (χ1v) is 10.1. The van der Waals surface area contributed by atoms with E-state index in [-0.39, 0.29) is 22.7 Å². The van der Waals surface area contributed by atoms with Gasteiger partial charge < -0.3 is 26.0 Å². The summed E-state index contributed by atoms with van der Waals surface area (Å²) in [6.07, 6.45) is 0.994. The number of non-ortho nitro benzene ring substituents is 1. The number of nitrogens with one attached hydrogen (secondary N) is 3. The van der Waals surface area contributed by atoms with Crippen molar-refractivity contribution >= 4 is 28.4 Å². The zero-order valence-electron chi connectivity index (χ0n) is 17.8. The van der Waals surface area contributed by atoms with E-state index in [1.165, 1.54) is 12.1 Å². The van der Waals surface area contributed by atoms with Gasteiger partial charge in [-0.15, -0.1) is 0 Å². The second-order valence-corrected chi connectivity index (χ2v) is 7.61. The first kappa shape index (κ1) is 22.9. The number of hydrogen-bond donors (Lipinski definition) is 4. The van der Waals surface area contributed by atoms with Gasteiger partial charge in [0, 0.05) is 18.3 Å². The minimum Gasteiger partial charge on any atom is -0.506 e. The lowest BCUT2D eigenvalue weighted by Gasteiger charge is -2.18. The Hall–Kier alpha value is -3.76. The molecule has 0 bridgehead atoms. The molecule has 0 aliphatic rings. The molecular formula is C22H25N5O5. The van der Waals surface area contributed by atoms with Gasteiger partial charge in [-0.1, -0.05) is 18.2 Å². The van der Waals surface area contributed by atoms with Crippen LogP contribution >= 0.6 is 0 Å². The summed E-state index contributed by atoms with van der Waals surface area (Å²) in [5, 5.41) is 29.9. The van der Waals surface area contributed by atoms with Crippen LogP contribution in [0.5, 0.6) is 5.75 Å². The van der Waals surface area contributed by atoms with Crippen LogP contribution in [-0.4, -0.2) is 42.1 Å². The number of nitrogens with zero attached hydrogens (tertiary/aromatic N) is 2. The number of nitro groups is 1. The van der Waals surface area contributed by atoms with Crippen molar-refractivity contribution in [2.24, 2.45) is 0 Å². The van der Waals surface area contributed by atoms with E-state index in [0.29, 0.717) is 12.2 Å². The van der Waals surface area contributed by atoms with Gasteiger partial charge >= 0.3 is 0 Å². The van der Waals surface area contributed by atoms with E-state index in [0.717, 1.165) is 31.1 Å². The maximum Gasteiger partial charge on any atom is 0.273 e. The van der Waals surface area contributed by atoms with Crippen molar-refractivity contribution in [2.75, 3.05) is 37.8 Å². The Morgan fingerprint density at radius 1 is 1.00 bits per heavy atom. The highest BCUT2D eigenvalue weighted by molar-refractivity contribution is 5.84. The van der Waals surface area contributed by atoms with E-state index >= 15 is 0 Å². The van der Waals surface area contributed by atoms with E-state index < -0.39 is 21.5 Å². The zero-order chi connectivity index (χ0) is 23.3. The van der Waals surface area contributed by atoms with Crippen LogP contribution in [-0.2, 0) is 6.54 Å². The third kappa shape index (κ3) is 5.29. The Morgan fingerprint density at radius 3 is 2.28 bits per heavy atom. The SMILES string of the molecule is CN(C)CCCNCc1ccccc1Nc1c(Nc2ccc([N+](=O)[O-])cc2O)c(=O)c1=O. The molecule has 3 aromatic rings. The third-order valence-electron chi connectivity index (χ3n) is 4.91. The summed E-state index contributed by atoms with van der Waals surface area (Å²) in [5.74, 6) is -0.402. The fraction of sp³-hybridized carbons (Fsp3) is 0.273. The molecule has 3 rings (SSSR count). The topological polar surface area (TPSA) is 137 Å². The number of anilines is 4. The van der Waals surface area contributed by atoms with Crippen molar-refractivity contribution in [1.29, 1.82) is 0 Å². The molecule has 0 saturated carbocycles. The van der Waals surface area contributed by atoms with Crippen LogP contribution in [0.1, 0.15) is 12.0 Å². The standard InChI is InChI=1S/C22H25N5O5/c1-26(2)11-5-10-23-13-14-6-3-4-7-16(14)24-19-20(22(30)21(19)29)25-17-9-8-15(27(31)32)12-18(17)28/h3-4,6-9,12,23-25,28H,5,10-11,13H2,1-2H3. The average molecular weight is 439 g/mol. The molecule has 3 aromatic carbocycles. The lowest BCUT2D eigenvalue weighted by Crippen LogP contribution is -2.36. The van der Waals surface area contributed by atoms with Crippen LogP contribution in [0.15, 0.2) is 52.1 Å². The number of aromatic hydroxyl groups is 1. The molecule has 10 heteroatoms. The summed E-state index contributed by atoms with van der Waals surface area (Å²) in [7, 11) is 4.04. The molecule has 10 nitrogen and oxygen atoms in total. The number of hydrogen-bond acceptors (Lipinski definition) is 9. The fourth-order valence-corrected chi connectivity index (χ4v) is 3.18. The molecule has 0 aliphatic carbocycles. The zero-order valence-corrected chi connectivity index (χ0v) is 17.8. The Kier molecular flexibility index (Phi) is 7.18.